The molecule has 0 saturated carbocycles. The molecule has 0 amide bonds. The molecule has 0 saturated heterocycles. The SMILES string of the molecule is Cc1c(C=O)ccc2c1cc(C#N)n2CC(F)(F)F. The Morgan fingerprint density at radius 2 is 2.11 bits per heavy atom. The van der Waals surface area contributed by atoms with E-state index in [4.69, 9.17) is 5.26 Å². The van der Waals surface area contributed by atoms with Crippen LogP contribution in [0.5, 0.6) is 0 Å². The van der Waals surface area contributed by atoms with Gasteiger partial charge in [-0.15, -0.1) is 0 Å². The number of hydrogen-bond acceptors (Lipinski definition) is 2. The monoisotopic (exact) mass is 266 g/mol. The predicted molar refractivity (Wildman–Crippen MR) is 62.8 cm³/mol. The number of fused-ring (bicyclic) bond motifs is 1. The van der Waals surface area contributed by atoms with Crippen LogP contribution in [0.3, 0.4) is 0 Å². The van der Waals surface area contributed by atoms with Gasteiger partial charge in [-0.25, -0.2) is 0 Å². The van der Waals surface area contributed by atoms with Crippen LogP contribution < -0.4 is 0 Å². The maximum absolute atomic E-state index is 12.5. The number of carbonyl (C=O) groups excluding carboxylic acids is 1. The van der Waals surface area contributed by atoms with Gasteiger partial charge in [0.05, 0.1) is 0 Å². The summed E-state index contributed by atoms with van der Waals surface area (Å²) < 4.78 is 38.5. The molecule has 98 valence electrons. The first-order chi connectivity index (χ1) is 8.87. The highest BCUT2D eigenvalue weighted by molar-refractivity contribution is 5.92. The Morgan fingerprint density at radius 3 is 2.63 bits per heavy atom. The molecule has 0 radical (unpaired) electrons. The molecule has 0 aliphatic heterocycles. The number of benzene rings is 1. The van der Waals surface area contributed by atoms with E-state index in [0.29, 0.717) is 28.3 Å². The second-order valence-electron chi connectivity index (χ2n) is 4.17. The number of aromatic nitrogens is 1. The summed E-state index contributed by atoms with van der Waals surface area (Å²) in [5.41, 5.74) is 1.21. The van der Waals surface area contributed by atoms with E-state index in [1.807, 2.05) is 0 Å². The number of halogens is 3. The molecule has 0 aliphatic carbocycles. The van der Waals surface area contributed by atoms with Gasteiger partial charge in [0, 0.05) is 16.5 Å². The van der Waals surface area contributed by atoms with Crippen LogP contribution >= 0.6 is 0 Å². The van der Waals surface area contributed by atoms with E-state index >= 15 is 0 Å². The summed E-state index contributed by atoms with van der Waals surface area (Å²) in [6.45, 7) is 0.421. The Bertz CT molecular complexity index is 692. The average molecular weight is 266 g/mol. The first kappa shape index (κ1) is 13.1. The number of carbonyl (C=O) groups is 1. The van der Waals surface area contributed by atoms with Crippen molar-refractivity contribution in [2.45, 2.75) is 19.6 Å². The van der Waals surface area contributed by atoms with Gasteiger partial charge in [0.2, 0.25) is 0 Å². The highest BCUT2D eigenvalue weighted by atomic mass is 19.4. The summed E-state index contributed by atoms with van der Waals surface area (Å²) >= 11 is 0. The summed E-state index contributed by atoms with van der Waals surface area (Å²) in [4.78, 5) is 10.8. The van der Waals surface area contributed by atoms with Gasteiger partial charge in [0.25, 0.3) is 0 Å². The van der Waals surface area contributed by atoms with Crippen LogP contribution in [-0.4, -0.2) is 17.0 Å². The van der Waals surface area contributed by atoms with Crippen molar-refractivity contribution < 1.29 is 18.0 Å². The Balaban J connectivity index is 2.73. The summed E-state index contributed by atoms with van der Waals surface area (Å²) in [6.07, 6.45) is -3.77. The van der Waals surface area contributed by atoms with Crippen molar-refractivity contribution in [1.29, 1.82) is 5.26 Å². The zero-order chi connectivity index (χ0) is 14.2. The summed E-state index contributed by atoms with van der Waals surface area (Å²) in [5.74, 6) is 0. The lowest BCUT2D eigenvalue weighted by atomic mass is 10.1. The molecule has 0 fully saturated rings. The third-order valence-corrected chi connectivity index (χ3v) is 2.98. The lowest BCUT2D eigenvalue weighted by molar-refractivity contribution is -0.140. The van der Waals surface area contributed by atoms with Gasteiger partial charge in [-0.3, -0.25) is 4.79 Å². The van der Waals surface area contributed by atoms with Crippen molar-refractivity contribution in [2.75, 3.05) is 0 Å². The van der Waals surface area contributed by atoms with E-state index in [9.17, 15) is 18.0 Å². The third kappa shape index (κ3) is 2.32. The molecular formula is C13H9F3N2O. The standard InChI is InChI=1S/C13H9F3N2O/c1-8-9(6-19)2-3-12-11(8)4-10(5-17)18(12)7-13(14,15)16/h2-4,6H,7H2,1H3. The quantitative estimate of drug-likeness (QED) is 0.783. The maximum Gasteiger partial charge on any atom is 0.406 e. The molecule has 0 spiro atoms. The lowest BCUT2D eigenvalue weighted by Gasteiger charge is -2.10. The van der Waals surface area contributed by atoms with Crippen LogP contribution in [0.4, 0.5) is 13.2 Å². The minimum absolute atomic E-state index is 0.0709. The fraction of sp³-hybridized carbons (Fsp3) is 0.231. The molecule has 19 heavy (non-hydrogen) atoms. The van der Waals surface area contributed by atoms with Gasteiger partial charge < -0.3 is 4.57 Å². The van der Waals surface area contributed by atoms with Gasteiger partial charge >= 0.3 is 6.18 Å². The zero-order valence-electron chi connectivity index (χ0n) is 9.95. The first-order valence-electron chi connectivity index (χ1n) is 5.42. The number of aryl methyl sites for hydroxylation is 1. The fourth-order valence-corrected chi connectivity index (χ4v) is 2.06. The first-order valence-corrected chi connectivity index (χ1v) is 5.42. The Hall–Kier alpha value is -2.29. The number of nitriles is 1. The van der Waals surface area contributed by atoms with Crippen LogP contribution in [-0.2, 0) is 6.54 Å². The Kier molecular flexibility index (Phi) is 3.06. The van der Waals surface area contributed by atoms with Crippen LogP contribution in [0.1, 0.15) is 21.6 Å². The van der Waals surface area contributed by atoms with Crippen molar-refractivity contribution in [3.8, 4) is 6.07 Å². The van der Waals surface area contributed by atoms with E-state index in [1.165, 1.54) is 18.2 Å². The summed E-state index contributed by atoms with van der Waals surface area (Å²) in [6, 6.07) is 6.01. The third-order valence-electron chi connectivity index (χ3n) is 2.98. The van der Waals surface area contributed by atoms with E-state index in [2.05, 4.69) is 0 Å². The number of rotatable bonds is 2. The minimum Gasteiger partial charge on any atom is -0.323 e. The van der Waals surface area contributed by atoms with E-state index in [0.717, 1.165) is 4.57 Å². The van der Waals surface area contributed by atoms with E-state index in [-0.39, 0.29) is 5.69 Å². The van der Waals surface area contributed by atoms with E-state index < -0.39 is 12.7 Å². The van der Waals surface area contributed by atoms with Crippen LogP contribution in [0.2, 0.25) is 0 Å². The van der Waals surface area contributed by atoms with Gasteiger partial charge in [-0.05, 0) is 30.7 Å². The topological polar surface area (TPSA) is 45.8 Å². The molecule has 2 aromatic rings. The molecule has 1 heterocycles. The Morgan fingerprint density at radius 1 is 1.42 bits per heavy atom. The van der Waals surface area contributed by atoms with Gasteiger partial charge in [0.15, 0.2) is 0 Å². The highest BCUT2D eigenvalue weighted by Gasteiger charge is 2.30. The van der Waals surface area contributed by atoms with Crippen molar-refractivity contribution in [3.05, 3.63) is 35.0 Å². The average Bonchev–Trinajstić information content (AvgIpc) is 2.67. The molecular weight excluding hydrogens is 257 g/mol. The second kappa shape index (κ2) is 4.43. The van der Waals surface area contributed by atoms with Crippen LogP contribution in [0.25, 0.3) is 10.9 Å². The normalized spacial score (nSPS) is 11.5. The van der Waals surface area contributed by atoms with E-state index in [1.54, 1.807) is 13.0 Å². The van der Waals surface area contributed by atoms with Gasteiger partial charge in [0.1, 0.15) is 24.6 Å². The molecule has 1 aromatic heterocycles. The molecule has 0 bridgehead atoms. The van der Waals surface area contributed by atoms with Crippen LogP contribution in [0.15, 0.2) is 18.2 Å². The van der Waals surface area contributed by atoms with Crippen molar-refractivity contribution in [3.63, 3.8) is 0 Å². The number of nitrogens with zero attached hydrogens (tertiary/aromatic N) is 2. The molecule has 1 aromatic carbocycles. The predicted octanol–water partition coefficient (Wildman–Crippen LogP) is 3.20. The lowest BCUT2D eigenvalue weighted by Crippen LogP contribution is -2.18. The second-order valence-corrected chi connectivity index (χ2v) is 4.17. The minimum atomic E-state index is -4.41. The van der Waals surface area contributed by atoms with Crippen molar-refractivity contribution in [1.82, 2.24) is 4.57 Å². The molecule has 0 unspecified atom stereocenters. The molecule has 0 atom stereocenters. The molecule has 6 heteroatoms. The summed E-state index contributed by atoms with van der Waals surface area (Å²) in [7, 11) is 0. The number of alkyl halides is 3. The Labute approximate surface area is 106 Å². The molecule has 3 nitrogen and oxygen atoms in total. The highest BCUT2D eigenvalue weighted by Crippen LogP contribution is 2.28. The fourth-order valence-electron chi connectivity index (χ4n) is 2.06. The number of aldehydes is 1. The largest absolute Gasteiger partial charge is 0.406 e. The molecule has 0 aliphatic rings. The van der Waals surface area contributed by atoms with Crippen molar-refractivity contribution >= 4 is 17.2 Å². The molecule has 2 rings (SSSR count). The molecule has 0 N–H and O–H groups in total. The smallest absolute Gasteiger partial charge is 0.323 e. The number of hydrogen-bond donors (Lipinski definition) is 0. The van der Waals surface area contributed by atoms with Crippen molar-refractivity contribution in [2.24, 2.45) is 0 Å². The van der Waals surface area contributed by atoms with Gasteiger partial charge in [-0.2, -0.15) is 18.4 Å². The van der Waals surface area contributed by atoms with Crippen LogP contribution in [0, 0.1) is 18.3 Å². The zero-order valence-corrected chi connectivity index (χ0v) is 9.95. The summed E-state index contributed by atoms with van der Waals surface area (Å²) in [5, 5.41) is 9.42. The maximum atomic E-state index is 12.5. The van der Waals surface area contributed by atoms with Gasteiger partial charge in [-0.1, -0.05) is 0 Å².